The fourth-order valence-corrected chi connectivity index (χ4v) is 5.97. The first-order valence-electron chi connectivity index (χ1n) is 15.0. The first kappa shape index (κ1) is 36.8. The highest BCUT2D eigenvalue weighted by Gasteiger charge is 2.11. The fraction of sp³-hybridized carbons (Fsp3) is 0.821. The summed E-state index contributed by atoms with van der Waals surface area (Å²) in [5.41, 5.74) is 7.03. The van der Waals surface area contributed by atoms with Gasteiger partial charge < -0.3 is 25.7 Å². The predicted octanol–water partition coefficient (Wildman–Crippen LogP) is 7.96. The molecule has 0 saturated carbocycles. The maximum absolute atomic E-state index is 11.9. The minimum atomic E-state index is -2.54. The molecule has 2 rings (SSSR count). The van der Waals surface area contributed by atoms with E-state index < -0.39 is 8.25 Å². The summed E-state index contributed by atoms with van der Waals surface area (Å²) in [6.07, 6.45) is 22.8. The minimum Gasteiger partial charge on any atom is -0.382 e. The molecule has 0 aliphatic rings. The SMILES string of the molecule is CCCCCCCCCCCCCSCCCCCCO[PH](=O)OCO[C@H](C)Cn1cnc2c(N)ncnc21.N. The Kier molecular flexibility index (Phi) is 22.4. The second-order valence-electron chi connectivity index (χ2n) is 10.2. The fourth-order valence-electron chi connectivity index (χ4n) is 4.39. The van der Waals surface area contributed by atoms with Crippen LogP contribution in [0.3, 0.4) is 0 Å². The molecule has 2 heterocycles. The van der Waals surface area contributed by atoms with Gasteiger partial charge in [-0.1, -0.05) is 84.0 Å². The molecule has 2 atom stereocenters. The molecule has 40 heavy (non-hydrogen) atoms. The van der Waals surface area contributed by atoms with E-state index in [2.05, 4.69) is 33.6 Å². The van der Waals surface area contributed by atoms with Gasteiger partial charge in [0.2, 0.25) is 0 Å². The number of anilines is 1. The molecule has 0 aliphatic heterocycles. The maximum atomic E-state index is 11.9. The van der Waals surface area contributed by atoms with E-state index in [9.17, 15) is 4.57 Å². The summed E-state index contributed by atoms with van der Waals surface area (Å²) in [6, 6.07) is 0. The molecule has 0 bridgehead atoms. The van der Waals surface area contributed by atoms with Gasteiger partial charge in [-0.2, -0.15) is 11.8 Å². The lowest BCUT2D eigenvalue weighted by atomic mass is 10.1. The van der Waals surface area contributed by atoms with E-state index >= 15 is 0 Å². The van der Waals surface area contributed by atoms with E-state index in [1.807, 2.05) is 11.5 Å². The molecule has 1 unspecified atom stereocenters. The average Bonchev–Trinajstić information content (AvgIpc) is 3.33. The van der Waals surface area contributed by atoms with Crippen LogP contribution in [0.2, 0.25) is 0 Å². The van der Waals surface area contributed by atoms with Crippen LogP contribution in [-0.2, 0) is 24.9 Å². The highest BCUT2D eigenvalue weighted by atomic mass is 32.2. The van der Waals surface area contributed by atoms with Crippen molar-refractivity contribution < 1.29 is 18.3 Å². The maximum Gasteiger partial charge on any atom is 0.321 e. The Bertz CT molecular complexity index is 907. The second kappa shape index (κ2) is 24.4. The third-order valence-electron chi connectivity index (χ3n) is 6.71. The number of hydrogen-bond acceptors (Lipinski definition) is 10. The van der Waals surface area contributed by atoms with Gasteiger partial charge in [0.05, 0.1) is 25.6 Å². The first-order chi connectivity index (χ1) is 19.1. The molecule has 232 valence electrons. The van der Waals surface area contributed by atoms with Crippen molar-refractivity contribution in [3.8, 4) is 0 Å². The Morgan fingerprint density at radius 3 is 2.12 bits per heavy atom. The lowest BCUT2D eigenvalue weighted by Crippen LogP contribution is -2.17. The molecule has 2 aromatic heterocycles. The van der Waals surface area contributed by atoms with Crippen LogP contribution in [0.4, 0.5) is 5.82 Å². The topological polar surface area (TPSA) is 149 Å². The number of nitrogens with two attached hydrogens (primary N) is 1. The molecular formula is C28H55N6O4PS. The van der Waals surface area contributed by atoms with Crippen LogP contribution in [0.15, 0.2) is 12.7 Å². The third kappa shape index (κ3) is 16.9. The molecule has 0 aromatic carbocycles. The second-order valence-corrected chi connectivity index (χ2v) is 12.5. The lowest BCUT2D eigenvalue weighted by Gasteiger charge is -2.14. The van der Waals surface area contributed by atoms with Crippen molar-refractivity contribution >= 4 is 37.0 Å². The summed E-state index contributed by atoms with van der Waals surface area (Å²) in [7, 11) is -2.54. The zero-order valence-electron chi connectivity index (χ0n) is 25.0. The summed E-state index contributed by atoms with van der Waals surface area (Å²) < 4.78 is 29.9. The van der Waals surface area contributed by atoms with Crippen molar-refractivity contribution in [3.63, 3.8) is 0 Å². The van der Waals surface area contributed by atoms with E-state index in [0.29, 0.717) is 30.1 Å². The van der Waals surface area contributed by atoms with Crippen LogP contribution < -0.4 is 11.9 Å². The summed E-state index contributed by atoms with van der Waals surface area (Å²) in [6.45, 7) is 5.06. The van der Waals surface area contributed by atoms with Gasteiger partial charge in [-0.15, -0.1) is 0 Å². The Morgan fingerprint density at radius 1 is 0.875 bits per heavy atom. The van der Waals surface area contributed by atoms with E-state index in [1.165, 1.54) is 101 Å². The molecule has 0 radical (unpaired) electrons. The molecule has 5 N–H and O–H groups in total. The summed E-state index contributed by atoms with van der Waals surface area (Å²) in [5, 5.41) is 0. The highest BCUT2D eigenvalue weighted by Crippen LogP contribution is 2.24. The third-order valence-corrected chi connectivity index (χ3v) is 8.66. The van der Waals surface area contributed by atoms with Gasteiger partial charge in [0.1, 0.15) is 11.8 Å². The molecule has 0 saturated heterocycles. The van der Waals surface area contributed by atoms with E-state index in [-0.39, 0.29) is 19.0 Å². The van der Waals surface area contributed by atoms with Crippen LogP contribution in [0.5, 0.6) is 0 Å². The number of imidazole rings is 1. The molecule has 2 aromatic rings. The Labute approximate surface area is 246 Å². The summed E-state index contributed by atoms with van der Waals surface area (Å²) in [5.74, 6) is 2.88. The Hall–Kier alpha value is -1.23. The number of fused-ring (bicyclic) bond motifs is 1. The number of nitrogen functional groups attached to an aromatic ring is 1. The van der Waals surface area contributed by atoms with Crippen LogP contribution >= 0.6 is 20.0 Å². The van der Waals surface area contributed by atoms with Gasteiger partial charge in [-0.25, -0.2) is 15.0 Å². The van der Waals surface area contributed by atoms with E-state index in [1.54, 1.807) is 6.33 Å². The monoisotopic (exact) mass is 602 g/mol. The van der Waals surface area contributed by atoms with Crippen molar-refractivity contribution in [3.05, 3.63) is 12.7 Å². The minimum absolute atomic E-state index is 0. The van der Waals surface area contributed by atoms with E-state index in [0.717, 1.165) is 12.8 Å². The van der Waals surface area contributed by atoms with Crippen molar-refractivity contribution in [2.24, 2.45) is 0 Å². The molecule has 0 amide bonds. The van der Waals surface area contributed by atoms with Crippen molar-refractivity contribution in [2.75, 3.05) is 30.6 Å². The van der Waals surface area contributed by atoms with Crippen LogP contribution in [-0.4, -0.2) is 50.5 Å². The average molecular weight is 603 g/mol. The number of rotatable bonds is 26. The smallest absolute Gasteiger partial charge is 0.321 e. The number of hydrogen-bond donors (Lipinski definition) is 2. The van der Waals surface area contributed by atoms with Gasteiger partial charge in [0.25, 0.3) is 0 Å². The summed E-state index contributed by atoms with van der Waals surface area (Å²) in [4.78, 5) is 12.4. The molecule has 0 aliphatic carbocycles. The lowest BCUT2D eigenvalue weighted by molar-refractivity contribution is -0.0367. The molecular weight excluding hydrogens is 547 g/mol. The largest absolute Gasteiger partial charge is 0.382 e. The van der Waals surface area contributed by atoms with Gasteiger partial charge >= 0.3 is 8.25 Å². The zero-order chi connectivity index (χ0) is 28.0. The van der Waals surface area contributed by atoms with Gasteiger partial charge in [-0.3, -0.25) is 9.09 Å². The predicted molar refractivity (Wildman–Crippen MR) is 168 cm³/mol. The number of unbranched alkanes of at least 4 members (excludes halogenated alkanes) is 13. The summed E-state index contributed by atoms with van der Waals surface area (Å²) >= 11 is 2.09. The van der Waals surface area contributed by atoms with Crippen LogP contribution in [0.25, 0.3) is 11.2 Å². The zero-order valence-corrected chi connectivity index (χ0v) is 26.8. The molecule has 12 heteroatoms. The van der Waals surface area contributed by atoms with Crippen molar-refractivity contribution in [2.45, 2.75) is 123 Å². The van der Waals surface area contributed by atoms with Crippen molar-refractivity contribution in [1.29, 1.82) is 0 Å². The molecule has 0 spiro atoms. The van der Waals surface area contributed by atoms with Gasteiger partial charge in [0, 0.05) is 0 Å². The normalized spacial score (nSPS) is 12.9. The quantitative estimate of drug-likeness (QED) is 0.0616. The highest BCUT2D eigenvalue weighted by molar-refractivity contribution is 7.99. The first-order valence-corrected chi connectivity index (χ1v) is 17.4. The number of thioether (sulfide) groups is 1. The number of ether oxygens (including phenoxy) is 1. The Balaban J connectivity index is 0.00000800. The van der Waals surface area contributed by atoms with E-state index in [4.69, 9.17) is 19.5 Å². The van der Waals surface area contributed by atoms with Crippen molar-refractivity contribution in [1.82, 2.24) is 25.7 Å². The molecule has 0 fully saturated rings. The van der Waals surface area contributed by atoms with Crippen LogP contribution in [0, 0.1) is 0 Å². The number of aromatic nitrogens is 4. The Morgan fingerprint density at radius 2 is 1.48 bits per heavy atom. The van der Waals surface area contributed by atoms with Crippen LogP contribution in [0.1, 0.15) is 110 Å². The van der Waals surface area contributed by atoms with Gasteiger partial charge in [0.15, 0.2) is 18.3 Å². The van der Waals surface area contributed by atoms with Gasteiger partial charge in [-0.05, 0) is 37.7 Å². The standard InChI is InChI=1S/C28H52N5O4PS.H3N/c1-3-4-5-6-7-8-9-10-11-13-16-19-39-20-17-14-12-15-18-36-38(34)37-24-35-25(2)21-33-23-32-26-27(29)30-22-31-28(26)33;/h22-23,25,38H,3-21,24H2,1-2H3,(H2,29,30,31);1H3/t25-;/m1./s1. The number of nitrogens with zero attached hydrogens (tertiary/aromatic N) is 4. The molecule has 10 nitrogen and oxygen atoms in total.